The molecule has 3 heterocycles. The summed E-state index contributed by atoms with van der Waals surface area (Å²) in [6, 6.07) is 4.03. The van der Waals surface area contributed by atoms with E-state index in [0.29, 0.717) is 45.1 Å². The van der Waals surface area contributed by atoms with Gasteiger partial charge in [0, 0.05) is 52.2 Å². The Morgan fingerprint density at radius 2 is 1.61 bits per heavy atom. The topological polar surface area (TPSA) is 157 Å². The molecule has 0 aliphatic carbocycles. The Kier molecular flexibility index (Phi) is 11.6. The number of piperidine rings is 1. The summed E-state index contributed by atoms with van der Waals surface area (Å²) in [5.74, 6) is -1.81. The van der Waals surface area contributed by atoms with E-state index >= 15 is 0 Å². The maximum atomic E-state index is 13.2. The van der Waals surface area contributed by atoms with E-state index in [1.807, 2.05) is 14.0 Å². The normalized spacial score (nSPS) is 21.2. The fourth-order valence-electron chi connectivity index (χ4n) is 5.95. The summed E-state index contributed by atoms with van der Waals surface area (Å²) >= 11 is 0. The lowest BCUT2D eigenvalue weighted by Gasteiger charge is -2.33. The maximum Gasteiger partial charge on any atom is 0.409 e. The smallest absolute Gasteiger partial charge is 0.409 e. The first-order valence-electron chi connectivity index (χ1n) is 15.5. The number of nitrogens with one attached hydrogen (secondary N) is 1. The number of aryl methyl sites for hydroxylation is 1. The fourth-order valence-corrected chi connectivity index (χ4v) is 7.61. The van der Waals surface area contributed by atoms with Crippen molar-refractivity contribution in [3.05, 3.63) is 29.8 Å². The summed E-state index contributed by atoms with van der Waals surface area (Å²) in [7, 11) is -1.91. The van der Waals surface area contributed by atoms with Gasteiger partial charge in [-0.3, -0.25) is 9.59 Å². The Bertz CT molecular complexity index is 1270. The van der Waals surface area contributed by atoms with Gasteiger partial charge in [-0.2, -0.15) is 4.31 Å². The van der Waals surface area contributed by atoms with E-state index < -0.39 is 34.0 Å². The average Bonchev–Trinajstić information content (AvgIpc) is 3.51. The van der Waals surface area contributed by atoms with Crippen LogP contribution >= 0.6 is 0 Å². The molecule has 2 atom stereocenters. The predicted octanol–water partition coefficient (Wildman–Crippen LogP) is 1.51. The van der Waals surface area contributed by atoms with E-state index in [-0.39, 0.29) is 42.7 Å². The maximum absolute atomic E-state index is 13.2. The van der Waals surface area contributed by atoms with Crippen molar-refractivity contribution in [2.75, 3.05) is 59.5 Å². The lowest BCUT2D eigenvalue weighted by molar-refractivity contribution is -0.143. The van der Waals surface area contributed by atoms with Crippen molar-refractivity contribution in [1.29, 1.82) is 0 Å². The molecule has 244 valence electrons. The van der Waals surface area contributed by atoms with Gasteiger partial charge in [-0.1, -0.05) is 17.7 Å². The number of hydrogen-bond acceptors (Lipinski definition) is 8. The van der Waals surface area contributed by atoms with Crippen LogP contribution < -0.4 is 5.32 Å². The number of piperazine rings is 1. The number of rotatable bonds is 11. The van der Waals surface area contributed by atoms with Gasteiger partial charge in [0.15, 0.2) is 0 Å². The second-order valence-electron chi connectivity index (χ2n) is 12.0. The van der Waals surface area contributed by atoms with Gasteiger partial charge in [0.25, 0.3) is 0 Å². The first-order valence-corrected chi connectivity index (χ1v) is 16.9. The fraction of sp³-hybridized carbons (Fsp3) is 0.667. The minimum Gasteiger partial charge on any atom is -0.480 e. The van der Waals surface area contributed by atoms with Crippen LogP contribution in [0.25, 0.3) is 0 Å². The zero-order valence-electron chi connectivity index (χ0n) is 25.7. The summed E-state index contributed by atoms with van der Waals surface area (Å²) < 4.78 is 33.0. The number of likely N-dealkylation sites (N-methyl/N-ethyl adjacent to an activating group) is 1. The van der Waals surface area contributed by atoms with Crippen LogP contribution in [0.1, 0.15) is 50.5 Å². The van der Waals surface area contributed by atoms with Crippen LogP contribution in [0.15, 0.2) is 29.2 Å². The largest absolute Gasteiger partial charge is 0.480 e. The molecular formula is C30H45N5O8S. The van der Waals surface area contributed by atoms with Crippen LogP contribution in [0.4, 0.5) is 4.79 Å². The Morgan fingerprint density at radius 3 is 2.25 bits per heavy atom. The van der Waals surface area contributed by atoms with Crippen molar-refractivity contribution >= 4 is 33.9 Å². The number of likely N-dealkylation sites (tertiary alicyclic amines) is 1. The highest BCUT2D eigenvalue weighted by Gasteiger charge is 2.40. The highest BCUT2D eigenvalue weighted by atomic mass is 32.2. The number of benzene rings is 1. The van der Waals surface area contributed by atoms with E-state index in [1.54, 1.807) is 21.9 Å². The molecule has 2 N–H and O–H groups in total. The molecule has 3 aliphatic heterocycles. The van der Waals surface area contributed by atoms with Crippen LogP contribution in [-0.4, -0.2) is 128 Å². The number of amides is 3. The van der Waals surface area contributed by atoms with E-state index in [9.17, 15) is 32.7 Å². The van der Waals surface area contributed by atoms with E-state index in [1.165, 1.54) is 12.1 Å². The van der Waals surface area contributed by atoms with Crippen LogP contribution in [0.5, 0.6) is 0 Å². The summed E-state index contributed by atoms with van der Waals surface area (Å²) in [4.78, 5) is 55.9. The van der Waals surface area contributed by atoms with Crippen LogP contribution in [0.3, 0.4) is 0 Å². The van der Waals surface area contributed by atoms with Crippen LogP contribution in [-0.2, 0) is 29.1 Å². The van der Waals surface area contributed by atoms with Gasteiger partial charge in [-0.15, -0.1) is 0 Å². The molecule has 0 aromatic heterocycles. The number of carboxylic acid groups (broad SMARTS) is 1. The molecule has 1 aromatic carbocycles. The molecule has 0 radical (unpaired) electrons. The SMILES string of the molecule is Cc1ccc(S(=O)(=O)N2CCC[C@@H]2C(=O)N[C@@H](CCC(=O)N2CCC(CCOC(=O)N3CCN(C)CC3)CC2)C(=O)O)cc1. The first kappa shape index (κ1) is 33.7. The lowest BCUT2D eigenvalue weighted by atomic mass is 9.93. The van der Waals surface area contributed by atoms with Crippen molar-refractivity contribution in [2.45, 2.75) is 68.8 Å². The molecule has 0 saturated carbocycles. The van der Waals surface area contributed by atoms with Gasteiger partial charge >= 0.3 is 12.1 Å². The Morgan fingerprint density at radius 1 is 0.955 bits per heavy atom. The van der Waals surface area contributed by atoms with Gasteiger partial charge in [0.05, 0.1) is 11.5 Å². The molecule has 4 rings (SSSR count). The van der Waals surface area contributed by atoms with Crippen molar-refractivity contribution in [3.8, 4) is 0 Å². The van der Waals surface area contributed by atoms with Crippen LogP contribution in [0, 0.1) is 12.8 Å². The molecule has 13 nitrogen and oxygen atoms in total. The lowest BCUT2D eigenvalue weighted by Crippen LogP contribution is -2.51. The summed E-state index contributed by atoms with van der Waals surface area (Å²) in [6.45, 7) is 6.42. The second-order valence-corrected chi connectivity index (χ2v) is 13.9. The molecule has 44 heavy (non-hydrogen) atoms. The van der Waals surface area contributed by atoms with Gasteiger partial charge in [-0.05, 0) is 70.5 Å². The summed E-state index contributed by atoms with van der Waals surface area (Å²) in [5.41, 5.74) is 0.905. The molecular weight excluding hydrogens is 590 g/mol. The van der Waals surface area contributed by atoms with Gasteiger partial charge in [0.2, 0.25) is 21.8 Å². The number of ether oxygens (including phenoxy) is 1. The number of sulfonamides is 1. The molecule has 0 unspecified atom stereocenters. The number of hydrogen-bond donors (Lipinski definition) is 2. The quantitative estimate of drug-likeness (QED) is 0.368. The Balaban J connectivity index is 1.20. The van der Waals surface area contributed by atoms with Crippen molar-refractivity contribution in [1.82, 2.24) is 24.3 Å². The van der Waals surface area contributed by atoms with Crippen molar-refractivity contribution in [3.63, 3.8) is 0 Å². The number of carbonyl (C=O) groups is 4. The molecule has 3 saturated heterocycles. The van der Waals surface area contributed by atoms with Crippen molar-refractivity contribution < 1.29 is 37.4 Å². The van der Waals surface area contributed by atoms with Crippen molar-refractivity contribution in [2.24, 2.45) is 5.92 Å². The molecule has 14 heteroatoms. The third-order valence-electron chi connectivity index (χ3n) is 8.88. The Hall–Kier alpha value is -3.23. The number of carboxylic acids is 1. The van der Waals surface area contributed by atoms with E-state index in [0.717, 1.165) is 42.2 Å². The van der Waals surface area contributed by atoms with Gasteiger partial charge in [0.1, 0.15) is 12.1 Å². The molecule has 1 aromatic rings. The first-order chi connectivity index (χ1) is 21.0. The minimum absolute atomic E-state index is 0.0550. The average molecular weight is 636 g/mol. The van der Waals surface area contributed by atoms with Gasteiger partial charge in [-0.25, -0.2) is 18.0 Å². The van der Waals surface area contributed by atoms with E-state index in [2.05, 4.69) is 10.2 Å². The van der Waals surface area contributed by atoms with Gasteiger partial charge < -0.3 is 29.9 Å². The highest BCUT2D eigenvalue weighted by Crippen LogP contribution is 2.27. The third kappa shape index (κ3) is 8.69. The summed E-state index contributed by atoms with van der Waals surface area (Å²) in [6.07, 6.45) is 2.60. The van der Waals surface area contributed by atoms with E-state index in [4.69, 9.17) is 4.74 Å². The minimum atomic E-state index is -3.93. The second kappa shape index (κ2) is 15.2. The molecule has 0 spiro atoms. The Labute approximate surface area is 259 Å². The number of nitrogens with zero attached hydrogens (tertiary/aromatic N) is 4. The van der Waals surface area contributed by atoms with Crippen LogP contribution in [0.2, 0.25) is 0 Å². The number of aliphatic carboxylic acids is 1. The zero-order chi connectivity index (χ0) is 31.9. The molecule has 3 aliphatic rings. The highest BCUT2D eigenvalue weighted by molar-refractivity contribution is 7.89. The molecule has 3 amide bonds. The number of carbonyl (C=O) groups excluding carboxylic acids is 3. The molecule has 3 fully saturated rings. The predicted molar refractivity (Wildman–Crippen MR) is 161 cm³/mol. The third-order valence-corrected chi connectivity index (χ3v) is 10.8. The standard InChI is InChI=1S/C30H45N5O8S/c1-22-5-7-24(8-6-22)44(41,42)35-14-3-4-26(35)28(37)31-25(29(38)39)9-10-27(36)33-15-11-23(12-16-33)13-21-43-30(40)34-19-17-32(2)18-20-34/h5-8,23,25-26H,3-4,9-21H2,1-2H3,(H,31,37)(H,38,39)/t25-,26+/m0/s1. The molecule has 0 bridgehead atoms. The zero-order valence-corrected chi connectivity index (χ0v) is 26.5. The summed E-state index contributed by atoms with van der Waals surface area (Å²) in [5, 5.41) is 12.2. The monoisotopic (exact) mass is 635 g/mol.